The standard InChI is InChI=1S/C27H41N2O10P/c1-16(2)29(17(3)4)40(35-14-22-12-10-9-11-13-22)39-27-24(28-18(5)30)26(37-21(8)33)25(36-20(7)32)23(38-27)15-34-19(6)31/h9-13,16-17,23-27H,14-15H2,1-8H3,(H,28,30)/t23-,24-,25-,26-,27-,40?/m1/s1. The van der Waals surface area contributed by atoms with Crippen molar-refractivity contribution in [1.29, 1.82) is 0 Å². The molecule has 0 aliphatic carbocycles. The van der Waals surface area contributed by atoms with E-state index < -0.39 is 63.0 Å². The SMILES string of the molecule is CC(=O)N[C@H]1[C@@H](OP(OCc2ccccc2)N(C(C)C)C(C)C)O[C@H](COC(C)=O)[C@@H](OC(C)=O)[C@@H]1OC(C)=O. The second kappa shape index (κ2) is 16.0. The van der Waals surface area contributed by atoms with Gasteiger partial charge in [-0.1, -0.05) is 30.3 Å². The topological polar surface area (TPSA) is 139 Å². The fourth-order valence-corrected chi connectivity index (χ4v) is 5.97. The summed E-state index contributed by atoms with van der Waals surface area (Å²) in [4.78, 5) is 48.1. The van der Waals surface area contributed by atoms with Crippen LogP contribution in [-0.2, 0) is 53.8 Å². The molecule has 1 aromatic carbocycles. The van der Waals surface area contributed by atoms with Gasteiger partial charge in [-0.3, -0.25) is 23.7 Å². The smallest absolute Gasteiger partial charge is 0.303 e. The van der Waals surface area contributed by atoms with Crippen LogP contribution in [0.2, 0.25) is 0 Å². The molecule has 13 heteroatoms. The molecular formula is C27H41N2O10P. The van der Waals surface area contributed by atoms with Crippen molar-refractivity contribution >= 4 is 32.3 Å². The van der Waals surface area contributed by atoms with E-state index in [2.05, 4.69) is 5.32 Å². The van der Waals surface area contributed by atoms with Crippen LogP contribution in [0.1, 0.15) is 61.0 Å². The van der Waals surface area contributed by atoms with Crippen LogP contribution in [0.15, 0.2) is 30.3 Å². The number of amides is 1. The van der Waals surface area contributed by atoms with Crippen molar-refractivity contribution in [3.05, 3.63) is 35.9 Å². The predicted octanol–water partition coefficient (Wildman–Crippen LogP) is 3.22. The lowest BCUT2D eigenvalue weighted by Gasteiger charge is -2.46. The third-order valence-electron chi connectivity index (χ3n) is 5.70. The Bertz CT molecular complexity index is 985. The Morgan fingerprint density at radius 2 is 1.48 bits per heavy atom. The molecule has 0 bridgehead atoms. The van der Waals surface area contributed by atoms with E-state index in [4.69, 9.17) is 28.0 Å². The summed E-state index contributed by atoms with van der Waals surface area (Å²) in [6, 6.07) is 8.47. The zero-order chi connectivity index (χ0) is 30.0. The normalized spacial score (nSPS) is 23.5. The molecule has 1 N–H and O–H groups in total. The molecule has 12 nitrogen and oxygen atoms in total. The molecule has 224 valence electrons. The molecule has 1 fully saturated rings. The number of nitrogens with zero attached hydrogens (tertiary/aromatic N) is 1. The average molecular weight is 585 g/mol. The van der Waals surface area contributed by atoms with Crippen molar-refractivity contribution < 1.29 is 47.2 Å². The van der Waals surface area contributed by atoms with Gasteiger partial charge in [0.1, 0.15) is 18.8 Å². The Morgan fingerprint density at radius 1 is 0.900 bits per heavy atom. The highest BCUT2D eigenvalue weighted by molar-refractivity contribution is 7.44. The van der Waals surface area contributed by atoms with Gasteiger partial charge in [0.05, 0.1) is 6.61 Å². The molecule has 1 aliphatic rings. The minimum Gasteiger partial charge on any atom is -0.463 e. The van der Waals surface area contributed by atoms with Crippen molar-refractivity contribution in [3.8, 4) is 0 Å². The number of carbonyl (C=O) groups excluding carboxylic acids is 4. The van der Waals surface area contributed by atoms with Crippen LogP contribution in [-0.4, -0.2) is 77.8 Å². The number of benzene rings is 1. The van der Waals surface area contributed by atoms with Gasteiger partial charge in [0.2, 0.25) is 5.91 Å². The first-order chi connectivity index (χ1) is 18.8. The Hall–Kier alpha value is -2.63. The number of nitrogens with one attached hydrogen (secondary N) is 1. The monoisotopic (exact) mass is 584 g/mol. The van der Waals surface area contributed by atoms with Crippen LogP contribution < -0.4 is 5.32 Å². The average Bonchev–Trinajstić information content (AvgIpc) is 2.84. The van der Waals surface area contributed by atoms with Gasteiger partial charge in [-0.25, -0.2) is 4.67 Å². The second-order valence-electron chi connectivity index (χ2n) is 9.89. The van der Waals surface area contributed by atoms with E-state index in [0.717, 1.165) is 5.56 Å². The third-order valence-corrected chi connectivity index (χ3v) is 7.74. The minimum absolute atomic E-state index is 0.000374. The summed E-state index contributed by atoms with van der Waals surface area (Å²) in [5, 5.41) is 2.72. The van der Waals surface area contributed by atoms with Crippen LogP contribution >= 0.6 is 8.53 Å². The van der Waals surface area contributed by atoms with Gasteiger partial charge in [-0.15, -0.1) is 0 Å². The second-order valence-corrected chi connectivity index (χ2v) is 11.3. The summed E-state index contributed by atoms with van der Waals surface area (Å²) < 4.78 is 37.2. The first-order valence-electron chi connectivity index (χ1n) is 13.1. The number of esters is 3. The fraction of sp³-hybridized carbons (Fsp3) is 0.630. The molecule has 2 rings (SSSR count). The van der Waals surface area contributed by atoms with Crippen molar-refractivity contribution in [3.63, 3.8) is 0 Å². The summed E-state index contributed by atoms with van der Waals surface area (Å²) >= 11 is 0. The van der Waals surface area contributed by atoms with Gasteiger partial charge >= 0.3 is 17.9 Å². The number of hydrogen-bond donors (Lipinski definition) is 1. The van der Waals surface area contributed by atoms with Crippen molar-refractivity contribution in [2.75, 3.05) is 6.61 Å². The first-order valence-corrected chi connectivity index (χ1v) is 14.3. The molecule has 0 spiro atoms. The lowest BCUT2D eigenvalue weighted by Crippen LogP contribution is -2.66. The van der Waals surface area contributed by atoms with Crippen LogP contribution in [0.5, 0.6) is 0 Å². The molecule has 0 radical (unpaired) electrons. The predicted molar refractivity (Wildman–Crippen MR) is 145 cm³/mol. The van der Waals surface area contributed by atoms with E-state index in [1.165, 1.54) is 27.7 Å². The molecule has 0 saturated carbocycles. The summed E-state index contributed by atoms with van der Waals surface area (Å²) in [5.74, 6) is -2.41. The molecule has 0 aromatic heterocycles. The maximum absolute atomic E-state index is 12.3. The molecule has 40 heavy (non-hydrogen) atoms. The fourth-order valence-electron chi connectivity index (χ4n) is 4.30. The minimum atomic E-state index is -1.81. The number of rotatable bonds is 13. The maximum Gasteiger partial charge on any atom is 0.303 e. The molecule has 6 atom stereocenters. The van der Waals surface area contributed by atoms with E-state index in [0.29, 0.717) is 0 Å². The van der Waals surface area contributed by atoms with E-state index in [-0.39, 0.29) is 25.3 Å². The molecule has 1 amide bonds. The van der Waals surface area contributed by atoms with Gasteiger partial charge in [0, 0.05) is 39.8 Å². The maximum atomic E-state index is 12.3. The quantitative estimate of drug-likeness (QED) is 0.208. The summed E-state index contributed by atoms with van der Waals surface area (Å²) in [7, 11) is -1.81. The lowest BCUT2D eigenvalue weighted by atomic mass is 9.96. The Kier molecular flexibility index (Phi) is 13.4. The third kappa shape index (κ3) is 10.4. The van der Waals surface area contributed by atoms with E-state index in [1.807, 2.05) is 62.7 Å². The molecule has 1 aliphatic heterocycles. The lowest BCUT2D eigenvalue weighted by molar-refractivity contribution is -0.258. The molecular weight excluding hydrogens is 543 g/mol. The summed E-state index contributed by atoms with van der Waals surface area (Å²) in [6.45, 7) is 12.8. The number of hydrogen-bond acceptors (Lipinski definition) is 11. The zero-order valence-corrected chi connectivity index (χ0v) is 25.2. The van der Waals surface area contributed by atoms with Gasteiger partial charge in [0.25, 0.3) is 8.53 Å². The van der Waals surface area contributed by atoms with Crippen LogP contribution in [0.25, 0.3) is 0 Å². The van der Waals surface area contributed by atoms with Gasteiger partial charge in [0.15, 0.2) is 18.5 Å². The molecule has 1 unspecified atom stereocenters. The van der Waals surface area contributed by atoms with Crippen molar-refractivity contribution in [2.24, 2.45) is 0 Å². The Labute approximate surface area is 236 Å². The van der Waals surface area contributed by atoms with Gasteiger partial charge < -0.3 is 28.8 Å². The van der Waals surface area contributed by atoms with Crippen LogP contribution in [0.4, 0.5) is 0 Å². The van der Waals surface area contributed by atoms with E-state index in [1.54, 1.807) is 0 Å². The van der Waals surface area contributed by atoms with Crippen LogP contribution in [0, 0.1) is 0 Å². The Morgan fingerprint density at radius 3 is 1.98 bits per heavy atom. The van der Waals surface area contributed by atoms with Crippen LogP contribution in [0.3, 0.4) is 0 Å². The first kappa shape index (κ1) is 33.6. The number of carbonyl (C=O) groups is 4. The highest BCUT2D eigenvalue weighted by Gasteiger charge is 2.52. The highest BCUT2D eigenvalue weighted by Crippen LogP contribution is 2.49. The molecule has 1 saturated heterocycles. The van der Waals surface area contributed by atoms with E-state index >= 15 is 0 Å². The summed E-state index contributed by atoms with van der Waals surface area (Å²) in [6.07, 6.45) is -4.74. The highest BCUT2D eigenvalue weighted by atomic mass is 31.2. The van der Waals surface area contributed by atoms with Gasteiger partial charge in [-0.05, 0) is 33.3 Å². The van der Waals surface area contributed by atoms with Crippen molar-refractivity contribution in [1.82, 2.24) is 9.99 Å². The molecule has 1 aromatic rings. The van der Waals surface area contributed by atoms with Gasteiger partial charge in [-0.2, -0.15) is 0 Å². The molecule has 1 heterocycles. The van der Waals surface area contributed by atoms with E-state index in [9.17, 15) is 19.2 Å². The number of ether oxygens (including phenoxy) is 4. The Balaban J connectivity index is 2.52. The summed E-state index contributed by atoms with van der Waals surface area (Å²) in [5.41, 5.74) is 0.925. The largest absolute Gasteiger partial charge is 0.463 e. The van der Waals surface area contributed by atoms with Crippen molar-refractivity contribution in [2.45, 2.75) is 105 Å². The zero-order valence-electron chi connectivity index (χ0n) is 24.3.